The molecule has 9 heteroatoms. The van der Waals surface area contributed by atoms with Gasteiger partial charge in [-0.15, -0.1) is 11.3 Å². The number of carbonyl (C=O) groups excluding carboxylic acids is 1. The van der Waals surface area contributed by atoms with Crippen LogP contribution in [0.5, 0.6) is 0 Å². The van der Waals surface area contributed by atoms with Crippen LogP contribution in [0.2, 0.25) is 0 Å². The Balaban J connectivity index is 2.89. The molecule has 7 nitrogen and oxygen atoms in total. The first-order valence-electron chi connectivity index (χ1n) is 5.27. The van der Waals surface area contributed by atoms with Crippen LogP contribution in [-0.4, -0.2) is 50.3 Å². The predicted octanol–water partition coefficient (Wildman–Crippen LogP) is 0.203. The molecule has 0 radical (unpaired) electrons. The fourth-order valence-electron chi connectivity index (χ4n) is 1.23. The molecule has 1 aromatic heterocycles. The highest BCUT2D eigenvalue weighted by Crippen LogP contribution is 2.23. The maximum absolute atomic E-state index is 12.0. The van der Waals surface area contributed by atoms with E-state index in [1.165, 1.54) is 25.5 Å². The zero-order chi connectivity index (χ0) is 14.6. The summed E-state index contributed by atoms with van der Waals surface area (Å²) >= 11 is 0.995. The number of nitrogens with one attached hydrogen (secondary N) is 1. The highest BCUT2D eigenvalue weighted by molar-refractivity contribution is 7.89. The van der Waals surface area contributed by atoms with Gasteiger partial charge in [0.25, 0.3) is 5.91 Å². The van der Waals surface area contributed by atoms with Gasteiger partial charge in [-0.3, -0.25) is 9.59 Å². The van der Waals surface area contributed by atoms with Crippen LogP contribution in [0.15, 0.2) is 16.3 Å². The molecule has 0 aliphatic rings. The minimum atomic E-state index is -3.68. The largest absolute Gasteiger partial charge is 0.481 e. The number of carboxylic acids is 1. The lowest BCUT2D eigenvalue weighted by Crippen LogP contribution is -2.28. The zero-order valence-electron chi connectivity index (χ0n) is 10.4. The number of amides is 1. The molecule has 0 spiro atoms. The normalized spacial score (nSPS) is 11.5. The van der Waals surface area contributed by atoms with Crippen LogP contribution in [0.1, 0.15) is 16.1 Å². The molecule has 1 amide bonds. The molecule has 0 saturated heterocycles. The SMILES string of the molecule is CN(C)S(=O)(=O)c1ccsc1C(=O)NCCC(=O)O. The topological polar surface area (TPSA) is 104 Å². The van der Waals surface area contributed by atoms with Crippen LogP contribution < -0.4 is 5.32 Å². The summed E-state index contributed by atoms with van der Waals surface area (Å²) in [5.41, 5.74) is 0. The van der Waals surface area contributed by atoms with Crippen LogP contribution in [0.25, 0.3) is 0 Å². The van der Waals surface area contributed by atoms with E-state index in [1.54, 1.807) is 0 Å². The quantitative estimate of drug-likeness (QED) is 0.781. The van der Waals surface area contributed by atoms with Crippen molar-refractivity contribution in [2.45, 2.75) is 11.3 Å². The Morgan fingerprint density at radius 2 is 2.05 bits per heavy atom. The molecule has 1 heterocycles. The number of thiophene rings is 1. The lowest BCUT2D eigenvalue weighted by atomic mass is 10.4. The van der Waals surface area contributed by atoms with Gasteiger partial charge in [-0.25, -0.2) is 12.7 Å². The van der Waals surface area contributed by atoms with Gasteiger partial charge in [0.1, 0.15) is 9.77 Å². The molecule has 0 aromatic carbocycles. The zero-order valence-corrected chi connectivity index (χ0v) is 12.0. The molecule has 0 saturated carbocycles. The van der Waals surface area contributed by atoms with E-state index in [-0.39, 0.29) is 22.7 Å². The number of carbonyl (C=O) groups is 2. The lowest BCUT2D eigenvalue weighted by molar-refractivity contribution is -0.136. The summed E-state index contributed by atoms with van der Waals surface area (Å²) in [6.45, 7) is -0.0481. The van der Waals surface area contributed by atoms with Crippen molar-refractivity contribution >= 4 is 33.2 Å². The highest BCUT2D eigenvalue weighted by Gasteiger charge is 2.25. The van der Waals surface area contributed by atoms with Crippen molar-refractivity contribution in [1.82, 2.24) is 9.62 Å². The second kappa shape index (κ2) is 6.13. The van der Waals surface area contributed by atoms with E-state index in [0.717, 1.165) is 15.6 Å². The molecule has 106 valence electrons. The monoisotopic (exact) mass is 306 g/mol. The molecule has 19 heavy (non-hydrogen) atoms. The molecule has 0 aliphatic heterocycles. The Labute approximate surface area is 114 Å². The molecule has 0 aliphatic carbocycles. The molecule has 1 rings (SSSR count). The summed E-state index contributed by atoms with van der Waals surface area (Å²) in [6, 6.07) is 1.35. The molecule has 0 atom stereocenters. The number of aliphatic carboxylic acids is 1. The second-order valence-electron chi connectivity index (χ2n) is 3.80. The van der Waals surface area contributed by atoms with Gasteiger partial charge in [0.15, 0.2) is 0 Å². The summed E-state index contributed by atoms with van der Waals surface area (Å²) < 4.78 is 24.9. The van der Waals surface area contributed by atoms with Crippen LogP contribution in [0.3, 0.4) is 0 Å². The van der Waals surface area contributed by atoms with Crippen LogP contribution in [0.4, 0.5) is 0 Å². The molecular weight excluding hydrogens is 292 g/mol. The third-order valence-electron chi connectivity index (χ3n) is 2.22. The number of carboxylic acid groups (broad SMARTS) is 1. The summed E-state index contributed by atoms with van der Waals surface area (Å²) in [4.78, 5) is 22.1. The fraction of sp³-hybridized carbons (Fsp3) is 0.400. The van der Waals surface area contributed by atoms with Crippen LogP contribution in [0, 0.1) is 0 Å². The number of sulfonamides is 1. The van der Waals surface area contributed by atoms with Crippen molar-refractivity contribution < 1.29 is 23.1 Å². The van der Waals surface area contributed by atoms with E-state index >= 15 is 0 Å². The Morgan fingerprint density at radius 1 is 1.42 bits per heavy atom. The Morgan fingerprint density at radius 3 is 2.58 bits per heavy atom. The van der Waals surface area contributed by atoms with Gasteiger partial charge >= 0.3 is 5.97 Å². The van der Waals surface area contributed by atoms with Gasteiger partial charge in [-0.1, -0.05) is 0 Å². The van der Waals surface area contributed by atoms with Gasteiger partial charge in [-0.2, -0.15) is 0 Å². The molecule has 2 N–H and O–H groups in total. The first-order chi connectivity index (χ1) is 8.76. The van der Waals surface area contributed by atoms with Gasteiger partial charge in [0, 0.05) is 20.6 Å². The van der Waals surface area contributed by atoms with E-state index < -0.39 is 21.9 Å². The number of rotatable bonds is 6. The maximum Gasteiger partial charge on any atom is 0.305 e. The molecule has 1 aromatic rings. The lowest BCUT2D eigenvalue weighted by Gasteiger charge is -2.11. The summed E-state index contributed by atoms with van der Waals surface area (Å²) in [6.07, 6.45) is -0.215. The van der Waals surface area contributed by atoms with E-state index in [0.29, 0.717) is 0 Å². The average molecular weight is 306 g/mol. The average Bonchev–Trinajstić information content (AvgIpc) is 2.77. The standard InChI is InChI=1S/C10H14N2O5S2/c1-12(2)19(16,17)7-4-6-18-9(7)10(15)11-5-3-8(13)14/h4,6H,3,5H2,1-2H3,(H,11,15)(H,13,14). The Kier molecular flexibility index (Phi) is 5.04. The van der Waals surface area contributed by atoms with Gasteiger partial charge in [0.2, 0.25) is 10.0 Å². The number of nitrogens with zero attached hydrogens (tertiary/aromatic N) is 1. The van der Waals surface area contributed by atoms with Gasteiger partial charge in [0.05, 0.1) is 6.42 Å². The third-order valence-corrected chi connectivity index (χ3v) is 5.12. The first-order valence-corrected chi connectivity index (χ1v) is 7.58. The Hall–Kier alpha value is -1.45. The number of hydrogen-bond acceptors (Lipinski definition) is 5. The summed E-state index contributed by atoms with van der Waals surface area (Å²) in [7, 11) is -0.936. The maximum atomic E-state index is 12.0. The van der Waals surface area contributed by atoms with E-state index in [9.17, 15) is 18.0 Å². The highest BCUT2D eigenvalue weighted by atomic mass is 32.2. The third kappa shape index (κ3) is 3.75. The van der Waals surface area contributed by atoms with Crippen LogP contribution >= 0.6 is 11.3 Å². The summed E-state index contributed by atoms with van der Waals surface area (Å²) in [5, 5.41) is 12.3. The van der Waals surface area contributed by atoms with Gasteiger partial charge < -0.3 is 10.4 Å². The Bertz CT molecular complexity index is 576. The molecular formula is C10H14N2O5S2. The van der Waals surface area contributed by atoms with Crippen molar-refractivity contribution in [3.63, 3.8) is 0 Å². The van der Waals surface area contributed by atoms with E-state index in [2.05, 4.69) is 5.32 Å². The second-order valence-corrected chi connectivity index (χ2v) is 6.84. The minimum Gasteiger partial charge on any atom is -0.481 e. The van der Waals surface area contributed by atoms with Crippen molar-refractivity contribution in [2.75, 3.05) is 20.6 Å². The predicted molar refractivity (Wildman–Crippen MR) is 69.8 cm³/mol. The van der Waals surface area contributed by atoms with Crippen molar-refractivity contribution in [3.8, 4) is 0 Å². The van der Waals surface area contributed by atoms with Crippen molar-refractivity contribution in [1.29, 1.82) is 0 Å². The smallest absolute Gasteiger partial charge is 0.305 e. The molecule has 0 fully saturated rings. The van der Waals surface area contributed by atoms with Crippen molar-refractivity contribution in [3.05, 3.63) is 16.3 Å². The van der Waals surface area contributed by atoms with Gasteiger partial charge in [-0.05, 0) is 11.4 Å². The van der Waals surface area contributed by atoms with E-state index in [1.807, 2.05) is 0 Å². The molecule has 0 bridgehead atoms. The van der Waals surface area contributed by atoms with E-state index in [4.69, 9.17) is 5.11 Å². The fourth-order valence-corrected chi connectivity index (χ4v) is 3.44. The first kappa shape index (κ1) is 15.6. The minimum absolute atomic E-state index is 0.0481. The summed E-state index contributed by atoms with van der Waals surface area (Å²) in [5.74, 6) is -1.62. The van der Waals surface area contributed by atoms with Crippen molar-refractivity contribution in [2.24, 2.45) is 0 Å². The van der Waals surface area contributed by atoms with Crippen LogP contribution in [-0.2, 0) is 14.8 Å². The number of hydrogen-bond donors (Lipinski definition) is 2. The molecule has 0 unspecified atom stereocenters.